The summed E-state index contributed by atoms with van der Waals surface area (Å²) in [6.45, 7) is 6.72. The number of hydrogen-bond donors (Lipinski definition) is 12. The lowest BCUT2D eigenvalue weighted by Crippen LogP contribution is -2.60. The van der Waals surface area contributed by atoms with Crippen LogP contribution in [0, 0.1) is 29.6 Å². The molecule has 0 aromatic heterocycles. The van der Waals surface area contributed by atoms with Gasteiger partial charge in [0.05, 0.1) is 18.2 Å². The first-order valence-corrected chi connectivity index (χ1v) is 27.0. The van der Waals surface area contributed by atoms with Crippen LogP contribution in [0.1, 0.15) is 136 Å². The van der Waals surface area contributed by atoms with Gasteiger partial charge < -0.3 is 65.3 Å². The van der Waals surface area contributed by atoms with Crippen LogP contribution < -0.4 is 60.2 Å². The highest BCUT2D eigenvalue weighted by Crippen LogP contribution is 2.32. The maximum atomic E-state index is 14.5. The molecule has 1 aromatic carbocycles. The number of hydrogen-bond acceptors (Lipinski definition) is 14. The summed E-state index contributed by atoms with van der Waals surface area (Å²) < 4.78 is 0. The maximum Gasteiger partial charge on any atom is 0.245 e. The third kappa shape index (κ3) is 21.5. The molecule has 0 unspecified atom stereocenters. The van der Waals surface area contributed by atoms with Gasteiger partial charge in [-0.15, -0.1) is 0 Å². The molecule has 416 valence electrons. The quantitative estimate of drug-likeness (QED) is 0.0682. The lowest BCUT2D eigenvalue weighted by molar-refractivity contribution is -0.136. The minimum atomic E-state index is -1.57. The van der Waals surface area contributed by atoms with Gasteiger partial charge in [-0.2, -0.15) is 0 Å². The van der Waals surface area contributed by atoms with E-state index in [1.54, 1.807) is 30.3 Å². The van der Waals surface area contributed by atoms with Gasteiger partial charge in [-0.05, 0) is 121 Å². The van der Waals surface area contributed by atoms with Gasteiger partial charge in [0, 0.05) is 37.1 Å². The van der Waals surface area contributed by atoms with E-state index in [0.29, 0.717) is 24.3 Å². The molecule has 16 N–H and O–H groups in total. The largest absolute Gasteiger partial charge is 0.391 e. The Labute approximate surface area is 437 Å². The molecule has 0 bridgehead atoms. The average Bonchev–Trinajstić information content (AvgIpc) is 3.36. The fourth-order valence-electron chi connectivity index (χ4n) is 9.74. The van der Waals surface area contributed by atoms with Crippen LogP contribution in [0.5, 0.6) is 0 Å². The summed E-state index contributed by atoms with van der Waals surface area (Å²) >= 11 is 0. The molecule has 2 fully saturated rings. The van der Waals surface area contributed by atoms with E-state index in [2.05, 4.69) is 44.1 Å². The van der Waals surface area contributed by atoms with Crippen molar-refractivity contribution in [2.24, 2.45) is 52.5 Å². The van der Waals surface area contributed by atoms with Crippen LogP contribution in [0.4, 0.5) is 0 Å². The zero-order valence-electron chi connectivity index (χ0n) is 44.3. The van der Waals surface area contributed by atoms with Crippen molar-refractivity contribution >= 4 is 52.9 Å². The minimum absolute atomic E-state index is 0.0434. The van der Waals surface area contributed by atoms with Gasteiger partial charge in [0.1, 0.15) is 24.2 Å². The highest BCUT2D eigenvalue weighted by atomic mass is 16.3. The molecule has 9 atom stereocenters. The maximum absolute atomic E-state index is 14.5. The van der Waals surface area contributed by atoms with Crippen LogP contribution in [-0.2, 0) is 49.6 Å². The summed E-state index contributed by atoms with van der Waals surface area (Å²) in [5, 5.41) is 29.6. The van der Waals surface area contributed by atoms with E-state index in [1.807, 2.05) is 13.8 Å². The predicted molar refractivity (Wildman–Crippen MR) is 281 cm³/mol. The lowest BCUT2D eigenvalue weighted by atomic mass is 9.79. The van der Waals surface area contributed by atoms with Crippen molar-refractivity contribution in [1.82, 2.24) is 37.2 Å². The standard InChI is InChI=1S/C53H89N11O10/c1-5-6-8-11-34-14-16-36(17-15-34)47(68)59-39(18-23-54)44(66)30-37-22-27-58-53(74)46(33(4)65)64-51(72)42(21-26-57)61-50(71)41(20-25-56)62-52(73)43(28-32(2)3)63-49(70)38(29-35-12-9-7-10-13-35)31-45(67)40(19-24-55)60-48(37)69/h7,9-10,12-13,32-34,36-43,46,65H,5-6,8,11,14-31,54-57H2,1-4H3,(H,58,74)(H,59,68)(H,60,69)(H,61,71)(H,62,73)(H,63,70)(H,64,72)/t33-,34?,36?,37-,38+,39-,40+,41+,42+,43+,46+/m1/s1. The zero-order chi connectivity index (χ0) is 54.7. The number of ketones is 2. The fourth-order valence-corrected chi connectivity index (χ4v) is 9.74. The highest BCUT2D eigenvalue weighted by Gasteiger charge is 2.37. The Morgan fingerprint density at radius 1 is 0.649 bits per heavy atom. The minimum Gasteiger partial charge on any atom is -0.391 e. The first-order valence-electron chi connectivity index (χ1n) is 27.0. The van der Waals surface area contributed by atoms with Crippen molar-refractivity contribution in [2.75, 3.05) is 32.7 Å². The summed E-state index contributed by atoms with van der Waals surface area (Å²) in [6.07, 6.45) is 5.42. The number of carbonyl (C=O) groups is 9. The number of Topliss-reactive ketones (excluding diaryl/α,β-unsaturated/α-hetero) is 2. The molecular weight excluding hydrogens is 951 g/mol. The zero-order valence-corrected chi connectivity index (χ0v) is 44.3. The summed E-state index contributed by atoms with van der Waals surface area (Å²) in [5.74, 6) is -8.04. The van der Waals surface area contributed by atoms with E-state index in [9.17, 15) is 48.3 Å². The predicted octanol–water partition coefficient (Wildman–Crippen LogP) is 0.0174. The lowest BCUT2D eigenvalue weighted by Gasteiger charge is -2.29. The van der Waals surface area contributed by atoms with Gasteiger partial charge in [-0.3, -0.25) is 43.2 Å². The SMILES string of the molecule is CCCCCC1CCC(C(=O)N[C@H](CCN)C(=O)C[C@H]2CCNC(=O)[C@H]([C@@H](C)O)NC(=O)[C@H](CCN)NC(=O)[C@H](CCN)NC(=O)[C@H](CC(C)C)NC(=O)[C@@H](Cc3ccccc3)CC(=O)[C@H](CCN)NC2=O)CC1. The molecule has 1 aliphatic heterocycles. The Kier molecular flexibility index (Phi) is 28.5. The summed E-state index contributed by atoms with van der Waals surface area (Å²) in [5.41, 5.74) is 24.4. The number of aliphatic hydroxyl groups excluding tert-OH is 1. The van der Waals surface area contributed by atoms with Crippen LogP contribution in [0.25, 0.3) is 0 Å². The van der Waals surface area contributed by atoms with Crippen LogP contribution in [0.2, 0.25) is 0 Å². The second kappa shape index (κ2) is 33.5. The third-order valence-corrected chi connectivity index (χ3v) is 14.1. The Bertz CT molecular complexity index is 1970. The summed E-state index contributed by atoms with van der Waals surface area (Å²) in [6, 6.07) is 1.30. The van der Waals surface area contributed by atoms with E-state index in [1.165, 1.54) is 13.3 Å². The highest BCUT2D eigenvalue weighted by molar-refractivity contribution is 5.98. The molecule has 3 rings (SSSR count). The normalized spacial score (nSPS) is 26.4. The van der Waals surface area contributed by atoms with E-state index in [0.717, 1.165) is 32.1 Å². The van der Waals surface area contributed by atoms with Gasteiger partial charge in [0.15, 0.2) is 11.6 Å². The molecule has 0 spiro atoms. The van der Waals surface area contributed by atoms with Crippen LogP contribution >= 0.6 is 0 Å². The number of nitrogens with two attached hydrogens (primary N) is 4. The van der Waals surface area contributed by atoms with Crippen LogP contribution in [-0.4, -0.2) is 133 Å². The molecule has 21 nitrogen and oxygen atoms in total. The molecule has 21 heteroatoms. The fraction of sp³-hybridized carbons (Fsp3) is 0.717. The van der Waals surface area contributed by atoms with Gasteiger partial charge in [0.2, 0.25) is 41.4 Å². The Morgan fingerprint density at radius 3 is 1.77 bits per heavy atom. The van der Waals surface area contributed by atoms with Crippen molar-refractivity contribution in [3.63, 3.8) is 0 Å². The van der Waals surface area contributed by atoms with Crippen molar-refractivity contribution in [2.45, 2.75) is 179 Å². The number of amides is 7. The monoisotopic (exact) mass is 1040 g/mol. The van der Waals surface area contributed by atoms with Crippen molar-refractivity contribution in [1.29, 1.82) is 0 Å². The molecule has 1 aliphatic carbocycles. The molecule has 1 saturated heterocycles. The Hall–Kier alpha value is -5.35. The van der Waals surface area contributed by atoms with E-state index in [4.69, 9.17) is 22.9 Å². The second-order valence-corrected chi connectivity index (χ2v) is 20.7. The van der Waals surface area contributed by atoms with E-state index < -0.39 is 114 Å². The smallest absolute Gasteiger partial charge is 0.245 e. The topological polar surface area (TPSA) is 362 Å². The molecular formula is C53H89N11O10. The van der Waals surface area contributed by atoms with Crippen LogP contribution in [0.3, 0.4) is 0 Å². The van der Waals surface area contributed by atoms with Gasteiger partial charge >= 0.3 is 0 Å². The molecule has 1 aromatic rings. The van der Waals surface area contributed by atoms with Gasteiger partial charge in [-0.25, -0.2) is 0 Å². The molecule has 74 heavy (non-hydrogen) atoms. The van der Waals surface area contributed by atoms with E-state index in [-0.39, 0.29) is 95.4 Å². The van der Waals surface area contributed by atoms with Gasteiger partial charge in [0.25, 0.3) is 0 Å². The number of rotatable bonds is 22. The molecule has 1 saturated carbocycles. The number of unbranched alkanes of at least 4 members (excludes halogenated alkanes) is 2. The summed E-state index contributed by atoms with van der Waals surface area (Å²) in [4.78, 5) is 127. The number of nitrogens with one attached hydrogen (secondary N) is 7. The summed E-state index contributed by atoms with van der Waals surface area (Å²) in [7, 11) is 0. The van der Waals surface area contributed by atoms with E-state index >= 15 is 0 Å². The average molecular weight is 1040 g/mol. The molecule has 1 heterocycles. The second-order valence-electron chi connectivity index (χ2n) is 20.7. The molecule has 0 radical (unpaired) electrons. The van der Waals surface area contributed by atoms with Crippen LogP contribution in [0.15, 0.2) is 30.3 Å². The third-order valence-electron chi connectivity index (χ3n) is 14.1. The van der Waals surface area contributed by atoms with Gasteiger partial charge in [-0.1, -0.05) is 76.8 Å². The first-order chi connectivity index (χ1) is 35.3. The van der Waals surface area contributed by atoms with Crippen molar-refractivity contribution in [3.05, 3.63) is 35.9 Å². The molecule has 2 aliphatic rings. The molecule has 7 amide bonds. The first kappa shape index (κ1) is 62.9. The Balaban J connectivity index is 2.06. The van der Waals surface area contributed by atoms with Crippen molar-refractivity contribution < 1.29 is 48.3 Å². The number of carbonyl (C=O) groups excluding carboxylic acids is 9. The van der Waals surface area contributed by atoms with Crippen molar-refractivity contribution in [3.8, 4) is 0 Å². The number of aliphatic hydroxyl groups is 1. The Morgan fingerprint density at radius 2 is 1.20 bits per heavy atom. The number of benzene rings is 1.